The van der Waals surface area contributed by atoms with Crippen molar-refractivity contribution in [1.29, 1.82) is 0 Å². The van der Waals surface area contributed by atoms with Gasteiger partial charge in [0, 0.05) is 18.2 Å². The molecule has 1 aromatic heterocycles. The van der Waals surface area contributed by atoms with Crippen LogP contribution in [-0.4, -0.2) is 60.5 Å². The molecule has 56 heavy (non-hydrogen) atoms. The lowest BCUT2D eigenvalue weighted by molar-refractivity contribution is -0.143. The van der Waals surface area contributed by atoms with Crippen LogP contribution in [0.5, 0.6) is 5.75 Å². The van der Waals surface area contributed by atoms with Gasteiger partial charge in [-0.2, -0.15) is 0 Å². The summed E-state index contributed by atoms with van der Waals surface area (Å²) in [4.78, 5) is 35.3. The molecular weight excluding hydrogens is 713 g/mol. The topological polar surface area (TPSA) is 89.0 Å². The molecule has 0 spiro atoms. The van der Waals surface area contributed by atoms with Crippen molar-refractivity contribution in [3.8, 4) is 5.75 Å². The first kappa shape index (κ1) is 38.3. The number of nitrogens with zero attached hydrogens (tertiary/aromatic N) is 2. The minimum Gasteiger partial charge on any atom is -0.508 e. The largest absolute Gasteiger partial charge is 0.508 e. The monoisotopic (exact) mass is 766 g/mol. The number of phenolic OH excluding ortho intramolecular Hbond substituents is 1. The summed E-state index contributed by atoms with van der Waals surface area (Å²) in [5, 5.41) is 12.1. The van der Waals surface area contributed by atoms with Crippen LogP contribution in [0.15, 0.2) is 120 Å². The molecule has 3 fully saturated rings. The molecule has 2 aliphatic carbocycles. The van der Waals surface area contributed by atoms with Gasteiger partial charge in [0.2, 0.25) is 11.8 Å². The van der Waals surface area contributed by atoms with Gasteiger partial charge in [0.25, 0.3) is 8.32 Å². The zero-order valence-corrected chi connectivity index (χ0v) is 33.9. The predicted octanol–water partition coefficient (Wildman–Crippen LogP) is 8.33. The van der Waals surface area contributed by atoms with Crippen molar-refractivity contribution in [2.45, 2.75) is 89.3 Å². The average Bonchev–Trinajstić information content (AvgIpc) is 3.75. The number of aromatic nitrogens is 1. The molecule has 0 radical (unpaired) electrons. The normalized spacial score (nSPS) is 23.4. The van der Waals surface area contributed by atoms with Gasteiger partial charge in [0.05, 0.1) is 36.8 Å². The molecule has 2 saturated heterocycles. The molecule has 3 aromatic carbocycles. The van der Waals surface area contributed by atoms with Crippen LogP contribution in [-0.2, 0) is 18.8 Å². The standard InChI is InChI=1S/C48H54N2O5Si/c1-48(2,3)56(38-17-9-5-10-18-38,39-19-11-6-12-20-39)55-31-35-30-40-45(47(53)50(46(40)52)36-15-7-4-8-16-36)41-32-54-43(44(35)41)27-24-34(42-21-13-14-28-49-42)29-33-22-25-37(51)26-23-33/h5-6,9-14,17-23,25-26,28-29,36,40-41,43,45,51H,4,7-8,15-16,24,27,30-32H2,1-3H3/b34-29-/t40-,41+,43-,45-/m1/s1. The van der Waals surface area contributed by atoms with Crippen LogP contribution in [0.1, 0.15) is 83.4 Å². The Bertz CT molecular complexity index is 2030. The van der Waals surface area contributed by atoms with E-state index >= 15 is 0 Å². The molecule has 8 heteroatoms. The molecule has 4 aromatic rings. The Morgan fingerprint density at radius 3 is 2.14 bits per heavy atom. The zero-order valence-electron chi connectivity index (χ0n) is 32.9. The lowest BCUT2D eigenvalue weighted by Crippen LogP contribution is -2.66. The first-order valence-electron chi connectivity index (χ1n) is 20.5. The van der Waals surface area contributed by atoms with E-state index < -0.39 is 20.2 Å². The van der Waals surface area contributed by atoms with E-state index in [2.05, 4.69) is 87.5 Å². The van der Waals surface area contributed by atoms with Crippen LogP contribution in [0.2, 0.25) is 5.04 Å². The van der Waals surface area contributed by atoms with Crippen molar-refractivity contribution in [1.82, 2.24) is 9.88 Å². The second kappa shape index (κ2) is 16.1. The molecular formula is C48H54N2O5Si. The van der Waals surface area contributed by atoms with Crippen LogP contribution in [0, 0.1) is 17.8 Å². The predicted molar refractivity (Wildman–Crippen MR) is 224 cm³/mol. The number of fused-ring (bicyclic) bond motifs is 3. The third-order valence-corrected chi connectivity index (χ3v) is 17.7. The summed E-state index contributed by atoms with van der Waals surface area (Å²) >= 11 is 0. The molecule has 3 heterocycles. The summed E-state index contributed by atoms with van der Waals surface area (Å²) in [6.07, 6.45) is 10.7. The Labute approximate surface area is 332 Å². The van der Waals surface area contributed by atoms with Crippen LogP contribution < -0.4 is 10.4 Å². The molecule has 2 aliphatic heterocycles. The second-order valence-electron chi connectivity index (χ2n) is 17.1. The lowest BCUT2D eigenvalue weighted by atomic mass is 9.69. The summed E-state index contributed by atoms with van der Waals surface area (Å²) in [7, 11) is -2.90. The summed E-state index contributed by atoms with van der Waals surface area (Å²) in [5.74, 6) is -0.718. The second-order valence-corrected chi connectivity index (χ2v) is 21.4. The molecule has 0 bridgehead atoms. The Balaban J connectivity index is 1.18. The smallest absolute Gasteiger partial charge is 0.261 e. The molecule has 1 saturated carbocycles. The van der Waals surface area contributed by atoms with E-state index in [9.17, 15) is 14.7 Å². The number of imide groups is 1. The number of phenols is 1. The van der Waals surface area contributed by atoms with Gasteiger partial charge in [-0.05, 0) is 100 Å². The van der Waals surface area contributed by atoms with E-state index in [1.165, 1.54) is 15.9 Å². The Morgan fingerprint density at radius 1 is 0.857 bits per heavy atom. The summed E-state index contributed by atoms with van der Waals surface area (Å²) in [6.45, 7) is 7.67. The zero-order chi connectivity index (χ0) is 38.9. The van der Waals surface area contributed by atoms with Crippen molar-refractivity contribution in [2.24, 2.45) is 17.8 Å². The van der Waals surface area contributed by atoms with Gasteiger partial charge < -0.3 is 14.3 Å². The van der Waals surface area contributed by atoms with E-state index in [4.69, 9.17) is 14.1 Å². The number of pyridine rings is 1. The highest BCUT2D eigenvalue weighted by Gasteiger charge is 2.59. The molecule has 0 unspecified atom stereocenters. The summed E-state index contributed by atoms with van der Waals surface area (Å²) < 4.78 is 14.3. The van der Waals surface area contributed by atoms with Gasteiger partial charge in [0.1, 0.15) is 5.75 Å². The van der Waals surface area contributed by atoms with Gasteiger partial charge in [0.15, 0.2) is 0 Å². The fourth-order valence-corrected chi connectivity index (χ4v) is 14.7. The van der Waals surface area contributed by atoms with E-state index in [0.717, 1.165) is 54.5 Å². The third-order valence-electron chi connectivity index (χ3n) is 12.8. The van der Waals surface area contributed by atoms with E-state index in [-0.39, 0.29) is 40.7 Å². The molecule has 4 aliphatic rings. The first-order chi connectivity index (χ1) is 27.2. The molecule has 1 N–H and O–H groups in total. The van der Waals surface area contributed by atoms with Gasteiger partial charge in [-0.1, -0.05) is 119 Å². The number of likely N-dealkylation sites (tertiary alicyclic amines) is 1. The fraction of sp³-hybridized carbons (Fsp3) is 0.396. The third kappa shape index (κ3) is 7.23. The maximum absolute atomic E-state index is 14.5. The van der Waals surface area contributed by atoms with E-state index in [1.807, 2.05) is 36.5 Å². The fourth-order valence-electron chi connectivity index (χ4n) is 10.2. The Hall–Kier alpha value is -4.63. The molecule has 2 amide bonds. The highest BCUT2D eigenvalue weighted by atomic mass is 28.4. The number of benzene rings is 3. The molecule has 8 rings (SSSR count). The number of allylic oxidation sites excluding steroid dienone is 1. The Kier molecular flexibility index (Phi) is 11.0. The molecule has 7 nitrogen and oxygen atoms in total. The van der Waals surface area contributed by atoms with Crippen LogP contribution in [0.3, 0.4) is 0 Å². The maximum Gasteiger partial charge on any atom is 0.261 e. The minimum atomic E-state index is -2.90. The van der Waals surface area contributed by atoms with E-state index in [0.29, 0.717) is 32.5 Å². The Morgan fingerprint density at radius 2 is 1.52 bits per heavy atom. The number of hydrogen-bond acceptors (Lipinski definition) is 6. The number of aromatic hydroxyl groups is 1. The van der Waals surface area contributed by atoms with E-state index in [1.54, 1.807) is 17.0 Å². The van der Waals surface area contributed by atoms with Gasteiger partial charge in [-0.15, -0.1) is 0 Å². The number of hydrogen-bond donors (Lipinski definition) is 1. The van der Waals surface area contributed by atoms with Gasteiger partial charge in [-0.3, -0.25) is 19.5 Å². The van der Waals surface area contributed by atoms with Crippen LogP contribution in [0.4, 0.5) is 0 Å². The molecule has 4 atom stereocenters. The van der Waals surface area contributed by atoms with Gasteiger partial charge in [-0.25, -0.2) is 0 Å². The van der Waals surface area contributed by atoms with Crippen molar-refractivity contribution >= 4 is 42.2 Å². The number of ether oxygens (including phenoxy) is 1. The van der Waals surface area contributed by atoms with Crippen molar-refractivity contribution in [3.63, 3.8) is 0 Å². The lowest BCUT2D eigenvalue weighted by Gasteiger charge is -2.44. The highest BCUT2D eigenvalue weighted by Crippen LogP contribution is 2.51. The van der Waals surface area contributed by atoms with Crippen molar-refractivity contribution < 1.29 is 23.9 Å². The minimum absolute atomic E-state index is 0.00121. The van der Waals surface area contributed by atoms with Crippen molar-refractivity contribution in [3.05, 3.63) is 132 Å². The van der Waals surface area contributed by atoms with Crippen LogP contribution >= 0.6 is 0 Å². The maximum atomic E-state index is 14.5. The summed E-state index contributed by atoms with van der Waals surface area (Å²) in [6, 6.07) is 34.5. The molecule has 290 valence electrons. The van der Waals surface area contributed by atoms with Crippen LogP contribution in [0.25, 0.3) is 11.6 Å². The quantitative estimate of drug-likeness (QED) is 0.0939. The number of carbonyl (C=O) groups excluding carboxylic acids is 2. The van der Waals surface area contributed by atoms with Crippen molar-refractivity contribution in [2.75, 3.05) is 13.2 Å². The number of carbonyl (C=O) groups is 2. The number of rotatable bonds is 11. The number of amides is 2. The highest BCUT2D eigenvalue weighted by molar-refractivity contribution is 6.99. The SMILES string of the molecule is CC(C)(C)[Si](OCC1=C2[C@@H](CC/C(=C/c3ccc(O)cc3)c3ccccn3)OC[C@@H]2[C@@H]2C(=O)N(C3CCCCC3)C(=O)[C@@H]2C1)(c1ccccc1)c1ccccc1. The summed E-state index contributed by atoms with van der Waals surface area (Å²) in [5.41, 5.74) is 5.23. The average molecular weight is 767 g/mol. The van der Waals surface area contributed by atoms with Gasteiger partial charge >= 0.3 is 0 Å². The first-order valence-corrected chi connectivity index (χ1v) is 22.4.